The quantitative estimate of drug-likeness (QED) is 0.698. The Bertz CT molecular complexity index is 882. The third-order valence-corrected chi connectivity index (χ3v) is 8.05. The van der Waals surface area contributed by atoms with Gasteiger partial charge in [-0.05, 0) is 43.7 Å². The molecule has 1 aliphatic carbocycles. The lowest BCUT2D eigenvalue weighted by atomic mass is 9.98. The minimum Gasteiger partial charge on any atom is -0.354 e. The first-order chi connectivity index (χ1) is 13.4. The maximum atomic E-state index is 12.3. The summed E-state index contributed by atoms with van der Waals surface area (Å²) in [5.74, 6) is -1.09. The van der Waals surface area contributed by atoms with Crippen molar-refractivity contribution in [2.75, 3.05) is 26.2 Å². The summed E-state index contributed by atoms with van der Waals surface area (Å²) in [6.07, 6.45) is 2.91. The summed E-state index contributed by atoms with van der Waals surface area (Å²) in [5.41, 5.74) is 0.647. The van der Waals surface area contributed by atoms with Gasteiger partial charge in [-0.3, -0.25) is 19.3 Å². The van der Waals surface area contributed by atoms with Crippen molar-refractivity contribution in [1.29, 1.82) is 0 Å². The Morgan fingerprint density at radius 1 is 1.00 bits per heavy atom. The van der Waals surface area contributed by atoms with Crippen molar-refractivity contribution in [3.05, 3.63) is 35.4 Å². The van der Waals surface area contributed by atoms with Crippen LogP contribution in [0.3, 0.4) is 0 Å². The van der Waals surface area contributed by atoms with E-state index in [1.165, 1.54) is 0 Å². The number of imide groups is 1. The summed E-state index contributed by atoms with van der Waals surface area (Å²) < 4.78 is 26.1. The molecule has 0 bridgehead atoms. The normalized spacial score (nSPS) is 21.1. The van der Waals surface area contributed by atoms with Crippen molar-refractivity contribution in [3.63, 3.8) is 0 Å². The number of nitrogens with zero attached hydrogens (tertiary/aromatic N) is 2. The summed E-state index contributed by atoms with van der Waals surface area (Å²) in [7, 11) is -3.13. The molecule has 150 valence electrons. The summed E-state index contributed by atoms with van der Waals surface area (Å²) in [4.78, 5) is 37.8. The van der Waals surface area contributed by atoms with E-state index in [0.717, 1.165) is 17.7 Å². The fourth-order valence-electron chi connectivity index (χ4n) is 3.79. The summed E-state index contributed by atoms with van der Waals surface area (Å²) >= 11 is 0. The Morgan fingerprint density at radius 2 is 1.57 bits per heavy atom. The standard InChI is InChI=1S/C19H23N3O5S/c23-17(12-22-18(24)15-3-1-2-4-16(15)19(22)25)20-11-13-7-9-21(10-8-13)28(26,27)14-5-6-14/h1-4,13-14H,5-12H2,(H,20,23). The van der Waals surface area contributed by atoms with Gasteiger partial charge in [-0.25, -0.2) is 12.7 Å². The molecule has 9 heteroatoms. The molecule has 2 heterocycles. The molecule has 0 unspecified atom stereocenters. The highest BCUT2D eigenvalue weighted by atomic mass is 32.2. The number of carbonyl (C=O) groups is 3. The van der Waals surface area contributed by atoms with Gasteiger partial charge in [0.1, 0.15) is 6.54 Å². The Hall–Kier alpha value is -2.26. The highest BCUT2D eigenvalue weighted by molar-refractivity contribution is 7.90. The molecular weight excluding hydrogens is 382 g/mol. The van der Waals surface area contributed by atoms with E-state index in [9.17, 15) is 22.8 Å². The topological polar surface area (TPSA) is 104 Å². The number of piperidine rings is 1. The van der Waals surface area contributed by atoms with Gasteiger partial charge in [0.05, 0.1) is 16.4 Å². The molecule has 1 N–H and O–H groups in total. The number of fused-ring (bicyclic) bond motifs is 1. The number of benzene rings is 1. The highest BCUT2D eigenvalue weighted by Crippen LogP contribution is 2.33. The van der Waals surface area contributed by atoms with Crippen LogP contribution in [0.1, 0.15) is 46.4 Å². The van der Waals surface area contributed by atoms with E-state index in [1.807, 2.05) is 0 Å². The molecule has 0 atom stereocenters. The van der Waals surface area contributed by atoms with Crippen LogP contribution in [0.25, 0.3) is 0 Å². The third kappa shape index (κ3) is 3.56. The van der Waals surface area contributed by atoms with Crippen LogP contribution in [0.5, 0.6) is 0 Å². The molecule has 1 saturated heterocycles. The molecular formula is C19H23N3O5S. The molecule has 1 aromatic carbocycles. The fourth-order valence-corrected chi connectivity index (χ4v) is 5.66. The second-order valence-electron chi connectivity index (χ2n) is 7.63. The van der Waals surface area contributed by atoms with E-state index in [-0.39, 0.29) is 23.6 Å². The first-order valence-electron chi connectivity index (χ1n) is 9.59. The third-order valence-electron chi connectivity index (χ3n) is 5.65. The largest absolute Gasteiger partial charge is 0.354 e. The second kappa shape index (κ2) is 7.29. The number of sulfonamides is 1. The molecule has 0 spiro atoms. The van der Waals surface area contributed by atoms with Crippen LogP contribution in [0.15, 0.2) is 24.3 Å². The van der Waals surface area contributed by atoms with Gasteiger partial charge in [-0.1, -0.05) is 12.1 Å². The average molecular weight is 405 g/mol. The maximum Gasteiger partial charge on any atom is 0.262 e. The monoisotopic (exact) mass is 405 g/mol. The van der Waals surface area contributed by atoms with E-state index in [2.05, 4.69) is 5.32 Å². The van der Waals surface area contributed by atoms with E-state index >= 15 is 0 Å². The minimum atomic E-state index is -3.13. The van der Waals surface area contributed by atoms with Crippen LogP contribution in [-0.4, -0.2) is 66.8 Å². The molecule has 1 saturated carbocycles. The maximum absolute atomic E-state index is 12.3. The molecule has 28 heavy (non-hydrogen) atoms. The highest BCUT2D eigenvalue weighted by Gasteiger charge is 2.41. The minimum absolute atomic E-state index is 0.191. The van der Waals surface area contributed by atoms with Crippen molar-refractivity contribution >= 4 is 27.7 Å². The number of hydrogen-bond donors (Lipinski definition) is 1. The lowest BCUT2D eigenvalue weighted by molar-refractivity contribution is -0.121. The van der Waals surface area contributed by atoms with Crippen LogP contribution >= 0.6 is 0 Å². The fraction of sp³-hybridized carbons (Fsp3) is 0.526. The molecule has 3 aliphatic rings. The Balaban J connectivity index is 1.25. The lowest BCUT2D eigenvalue weighted by Crippen LogP contribution is -2.45. The first-order valence-corrected chi connectivity index (χ1v) is 11.1. The Kier molecular flexibility index (Phi) is 4.96. The molecule has 4 rings (SSSR count). The van der Waals surface area contributed by atoms with Gasteiger partial charge in [0.15, 0.2) is 0 Å². The molecule has 2 aliphatic heterocycles. The van der Waals surface area contributed by atoms with Crippen molar-refractivity contribution in [2.45, 2.75) is 30.9 Å². The van der Waals surface area contributed by atoms with E-state index in [1.54, 1.807) is 28.6 Å². The zero-order valence-electron chi connectivity index (χ0n) is 15.5. The van der Waals surface area contributed by atoms with E-state index in [4.69, 9.17) is 0 Å². The van der Waals surface area contributed by atoms with Gasteiger partial charge >= 0.3 is 0 Å². The van der Waals surface area contributed by atoms with Crippen LogP contribution < -0.4 is 5.32 Å². The van der Waals surface area contributed by atoms with E-state index in [0.29, 0.717) is 43.6 Å². The molecule has 0 aromatic heterocycles. The summed E-state index contributed by atoms with van der Waals surface area (Å²) in [6, 6.07) is 6.53. The molecule has 3 amide bonds. The predicted octanol–water partition coefficient (Wildman–Crippen LogP) is 0.603. The van der Waals surface area contributed by atoms with Crippen molar-refractivity contribution < 1.29 is 22.8 Å². The van der Waals surface area contributed by atoms with Crippen LogP contribution in [0.4, 0.5) is 0 Å². The average Bonchev–Trinajstić information content (AvgIpc) is 3.53. The lowest BCUT2D eigenvalue weighted by Gasteiger charge is -2.31. The van der Waals surface area contributed by atoms with Crippen LogP contribution in [0, 0.1) is 5.92 Å². The zero-order valence-corrected chi connectivity index (χ0v) is 16.3. The van der Waals surface area contributed by atoms with Gasteiger partial charge in [0, 0.05) is 19.6 Å². The van der Waals surface area contributed by atoms with Gasteiger partial charge < -0.3 is 5.32 Å². The number of nitrogens with one attached hydrogen (secondary N) is 1. The molecule has 8 nitrogen and oxygen atoms in total. The number of hydrogen-bond acceptors (Lipinski definition) is 5. The van der Waals surface area contributed by atoms with Crippen LogP contribution in [-0.2, 0) is 14.8 Å². The van der Waals surface area contributed by atoms with Gasteiger partial charge in [-0.15, -0.1) is 0 Å². The Labute approximate surface area is 163 Å². The van der Waals surface area contributed by atoms with Gasteiger partial charge in [-0.2, -0.15) is 0 Å². The van der Waals surface area contributed by atoms with E-state index < -0.39 is 21.8 Å². The van der Waals surface area contributed by atoms with Crippen molar-refractivity contribution in [3.8, 4) is 0 Å². The summed E-state index contributed by atoms with van der Waals surface area (Å²) in [6.45, 7) is 1.08. The second-order valence-corrected chi connectivity index (χ2v) is 9.85. The smallest absolute Gasteiger partial charge is 0.262 e. The molecule has 0 radical (unpaired) electrons. The number of amides is 3. The SMILES string of the molecule is O=C(CN1C(=O)c2ccccc2C1=O)NCC1CCN(S(=O)(=O)C2CC2)CC1. The first kappa shape index (κ1) is 19.1. The Morgan fingerprint density at radius 3 is 2.11 bits per heavy atom. The van der Waals surface area contributed by atoms with Crippen molar-refractivity contribution in [2.24, 2.45) is 5.92 Å². The van der Waals surface area contributed by atoms with Gasteiger partial charge in [0.2, 0.25) is 15.9 Å². The number of rotatable bonds is 6. The zero-order chi connectivity index (χ0) is 19.9. The molecule has 2 fully saturated rings. The predicted molar refractivity (Wildman–Crippen MR) is 101 cm³/mol. The van der Waals surface area contributed by atoms with Crippen LogP contribution in [0.2, 0.25) is 0 Å². The van der Waals surface area contributed by atoms with Crippen molar-refractivity contribution in [1.82, 2.24) is 14.5 Å². The number of carbonyl (C=O) groups excluding carboxylic acids is 3. The molecule has 1 aromatic rings. The van der Waals surface area contributed by atoms with Gasteiger partial charge in [0.25, 0.3) is 11.8 Å². The summed E-state index contributed by atoms with van der Waals surface area (Å²) in [5, 5.41) is 2.59.